The summed E-state index contributed by atoms with van der Waals surface area (Å²) in [4.78, 5) is 12.5. The van der Waals surface area contributed by atoms with E-state index in [1.807, 2.05) is 19.1 Å². The highest BCUT2D eigenvalue weighted by Gasteiger charge is 2.18. The molecule has 0 saturated carbocycles. The predicted molar refractivity (Wildman–Crippen MR) is 98.3 cm³/mol. The van der Waals surface area contributed by atoms with Crippen LogP contribution in [0, 0.1) is 6.92 Å². The van der Waals surface area contributed by atoms with Gasteiger partial charge in [-0.2, -0.15) is 0 Å². The van der Waals surface area contributed by atoms with Gasteiger partial charge in [-0.3, -0.25) is 4.79 Å². The second kappa shape index (κ2) is 11.8. The third-order valence-electron chi connectivity index (χ3n) is 3.55. The van der Waals surface area contributed by atoms with Crippen molar-refractivity contribution in [1.29, 1.82) is 0 Å². The number of para-hydroxylation sites is 1. The molecule has 1 rings (SSSR count). The van der Waals surface area contributed by atoms with E-state index in [1.54, 1.807) is 6.07 Å². The van der Waals surface area contributed by atoms with Crippen LogP contribution in [-0.4, -0.2) is 18.5 Å². The zero-order chi connectivity index (χ0) is 15.7. The first kappa shape index (κ1) is 21.2. The van der Waals surface area contributed by atoms with Crippen molar-refractivity contribution in [3.05, 3.63) is 28.8 Å². The number of nitrogens with one attached hydrogen (secondary N) is 2. The maximum atomic E-state index is 12.5. The normalized spacial score (nSPS) is 11.6. The maximum Gasteiger partial charge on any atom is 0.241 e. The minimum absolute atomic E-state index is 0. The molecule has 1 aromatic rings. The Hall–Kier alpha value is -0.770. The number of rotatable bonds is 9. The molecule has 0 fully saturated rings. The number of amides is 1. The van der Waals surface area contributed by atoms with Gasteiger partial charge in [-0.25, -0.2) is 0 Å². The number of carbonyl (C=O) groups excluding carboxylic acids is 1. The minimum Gasteiger partial charge on any atom is -0.323 e. The highest BCUT2D eigenvalue weighted by atomic mass is 35.5. The predicted octanol–water partition coefficient (Wildman–Crippen LogP) is 4.96. The molecule has 0 unspecified atom stereocenters. The zero-order valence-corrected chi connectivity index (χ0v) is 15.3. The lowest BCUT2D eigenvalue weighted by molar-refractivity contribution is -0.118. The number of carbonyl (C=O) groups is 1. The summed E-state index contributed by atoms with van der Waals surface area (Å²) in [5.41, 5.74) is 1.71. The first-order valence-electron chi connectivity index (χ1n) is 7.89. The van der Waals surface area contributed by atoms with Crippen LogP contribution in [0.5, 0.6) is 0 Å². The second-order valence-corrected chi connectivity index (χ2v) is 5.83. The first-order chi connectivity index (χ1) is 10.1. The van der Waals surface area contributed by atoms with Crippen LogP contribution < -0.4 is 10.6 Å². The number of benzene rings is 1. The Morgan fingerprint density at radius 3 is 2.50 bits per heavy atom. The maximum absolute atomic E-state index is 12.5. The summed E-state index contributed by atoms with van der Waals surface area (Å²) in [7, 11) is 0. The topological polar surface area (TPSA) is 41.1 Å². The number of halogens is 2. The van der Waals surface area contributed by atoms with Crippen molar-refractivity contribution in [2.24, 2.45) is 0 Å². The van der Waals surface area contributed by atoms with Crippen molar-refractivity contribution in [1.82, 2.24) is 5.32 Å². The van der Waals surface area contributed by atoms with Crippen LogP contribution in [0.15, 0.2) is 18.2 Å². The van der Waals surface area contributed by atoms with Gasteiger partial charge in [0.25, 0.3) is 0 Å². The lowest BCUT2D eigenvalue weighted by atomic mass is 10.1. The second-order valence-electron chi connectivity index (χ2n) is 5.42. The zero-order valence-electron chi connectivity index (χ0n) is 13.7. The molecule has 0 saturated heterocycles. The van der Waals surface area contributed by atoms with Crippen LogP contribution >= 0.6 is 24.0 Å². The molecule has 2 N–H and O–H groups in total. The summed E-state index contributed by atoms with van der Waals surface area (Å²) in [6.45, 7) is 7.11. The largest absolute Gasteiger partial charge is 0.323 e. The van der Waals surface area contributed by atoms with Gasteiger partial charge in [0.15, 0.2) is 0 Å². The molecule has 0 heterocycles. The molecule has 126 valence electrons. The van der Waals surface area contributed by atoms with Gasteiger partial charge in [0, 0.05) is 0 Å². The quantitative estimate of drug-likeness (QED) is 0.620. The van der Waals surface area contributed by atoms with Crippen LogP contribution in [0.1, 0.15) is 51.5 Å². The van der Waals surface area contributed by atoms with Crippen molar-refractivity contribution in [2.45, 2.75) is 58.9 Å². The molecule has 3 nitrogen and oxygen atoms in total. The van der Waals surface area contributed by atoms with Crippen molar-refractivity contribution < 1.29 is 4.79 Å². The molecule has 0 aliphatic carbocycles. The fourth-order valence-corrected chi connectivity index (χ4v) is 2.46. The van der Waals surface area contributed by atoms with E-state index < -0.39 is 0 Å². The van der Waals surface area contributed by atoms with Gasteiger partial charge in [-0.1, -0.05) is 56.8 Å². The minimum atomic E-state index is -0.146. The molecule has 1 amide bonds. The molecule has 22 heavy (non-hydrogen) atoms. The number of aryl methyl sites for hydroxylation is 1. The van der Waals surface area contributed by atoms with E-state index in [4.69, 9.17) is 11.6 Å². The third-order valence-corrected chi connectivity index (χ3v) is 3.87. The highest BCUT2D eigenvalue weighted by molar-refractivity contribution is 6.34. The fraction of sp³-hybridized carbons (Fsp3) is 0.588. The Bertz CT molecular complexity index is 432. The molecule has 0 aliphatic heterocycles. The molecule has 0 aliphatic rings. The van der Waals surface area contributed by atoms with Crippen LogP contribution in [0.3, 0.4) is 0 Å². The standard InChI is InChI=1S/C17H27ClN2O.ClH/c1-4-6-11-15(19-12-7-5-2)17(21)20-16-13(3)9-8-10-14(16)18;/h8-10,15,19H,4-7,11-12H2,1-3H3,(H,20,21);1H/t15-;/m0./s1. The number of anilines is 1. The van der Waals surface area contributed by atoms with Crippen LogP contribution in [-0.2, 0) is 4.79 Å². The molecule has 0 aromatic heterocycles. The summed E-state index contributed by atoms with van der Waals surface area (Å²) in [6, 6.07) is 5.50. The van der Waals surface area contributed by atoms with Crippen LogP contribution in [0.4, 0.5) is 5.69 Å². The lowest BCUT2D eigenvalue weighted by Crippen LogP contribution is -2.41. The Labute approximate surface area is 145 Å². The number of hydrogen-bond acceptors (Lipinski definition) is 2. The smallest absolute Gasteiger partial charge is 0.241 e. The molecule has 0 radical (unpaired) electrons. The summed E-state index contributed by atoms with van der Waals surface area (Å²) in [6.07, 6.45) is 5.19. The SMILES string of the molecule is CCCCN[C@@H](CCCC)C(=O)Nc1c(C)cccc1Cl.Cl. The fourth-order valence-electron chi connectivity index (χ4n) is 2.19. The van der Waals surface area contributed by atoms with E-state index in [0.717, 1.165) is 49.9 Å². The molecule has 0 bridgehead atoms. The Morgan fingerprint density at radius 1 is 1.23 bits per heavy atom. The summed E-state index contributed by atoms with van der Waals surface area (Å²) >= 11 is 6.17. The van der Waals surface area contributed by atoms with E-state index in [9.17, 15) is 4.79 Å². The van der Waals surface area contributed by atoms with Gasteiger partial charge in [-0.05, 0) is 37.9 Å². The first-order valence-corrected chi connectivity index (χ1v) is 8.27. The Kier molecular flexibility index (Phi) is 11.3. The van der Waals surface area contributed by atoms with E-state index in [2.05, 4.69) is 24.5 Å². The van der Waals surface area contributed by atoms with Gasteiger partial charge in [0.2, 0.25) is 5.91 Å². The van der Waals surface area contributed by atoms with Crippen molar-refractivity contribution in [3.63, 3.8) is 0 Å². The van der Waals surface area contributed by atoms with Crippen molar-refractivity contribution >= 4 is 35.6 Å². The van der Waals surface area contributed by atoms with Crippen LogP contribution in [0.2, 0.25) is 5.02 Å². The average molecular weight is 347 g/mol. The summed E-state index contributed by atoms with van der Waals surface area (Å²) in [5, 5.41) is 6.93. The molecule has 0 spiro atoms. The number of unbranched alkanes of at least 4 members (excludes halogenated alkanes) is 2. The van der Waals surface area contributed by atoms with Gasteiger partial charge in [-0.15, -0.1) is 12.4 Å². The third kappa shape index (κ3) is 6.99. The van der Waals surface area contributed by atoms with E-state index in [1.165, 1.54) is 0 Å². The van der Waals surface area contributed by atoms with Gasteiger partial charge in [0.1, 0.15) is 0 Å². The molecule has 1 aromatic carbocycles. The van der Waals surface area contributed by atoms with E-state index >= 15 is 0 Å². The Morgan fingerprint density at radius 2 is 1.91 bits per heavy atom. The highest BCUT2D eigenvalue weighted by Crippen LogP contribution is 2.25. The van der Waals surface area contributed by atoms with E-state index in [0.29, 0.717) is 5.02 Å². The molecular formula is C17H28Cl2N2O. The molecule has 5 heteroatoms. The van der Waals surface area contributed by atoms with Crippen LogP contribution in [0.25, 0.3) is 0 Å². The monoisotopic (exact) mass is 346 g/mol. The van der Waals surface area contributed by atoms with E-state index in [-0.39, 0.29) is 24.4 Å². The number of hydrogen-bond donors (Lipinski definition) is 2. The van der Waals surface area contributed by atoms with Crippen molar-refractivity contribution in [2.75, 3.05) is 11.9 Å². The summed E-state index contributed by atoms with van der Waals surface area (Å²) in [5.74, 6) is 0.00996. The van der Waals surface area contributed by atoms with Gasteiger partial charge in [0.05, 0.1) is 16.8 Å². The molecule has 1 atom stereocenters. The average Bonchev–Trinajstić information content (AvgIpc) is 2.46. The lowest BCUT2D eigenvalue weighted by Gasteiger charge is -2.19. The van der Waals surface area contributed by atoms with Gasteiger partial charge < -0.3 is 10.6 Å². The molecular weight excluding hydrogens is 319 g/mol. The van der Waals surface area contributed by atoms with Gasteiger partial charge >= 0.3 is 0 Å². The van der Waals surface area contributed by atoms with Crippen molar-refractivity contribution in [3.8, 4) is 0 Å². The summed E-state index contributed by atoms with van der Waals surface area (Å²) < 4.78 is 0. The Balaban J connectivity index is 0.00000441.